The molecule has 168 valence electrons. The molecule has 3 atom stereocenters. The third kappa shape index (κ3) is 3.42. The van der Waals surface area contributed by atoms with Crippen LogP contribution in [0.5, 0.6) is 0 Å². The number of hydrogen-bond acceptors (Lipinski definition) is 5. The SMILES string of the molecule is Cc1ccc([C@H]2Cc3nc(Nc4ccccc4)sc3[C@H]3C(=O)N(c4ccccc4)C(=O)[C@@H]23)cc1. The fourth-order valence-electron chi connectivity index (χ4n) is 5.13. The number of carbonyl (C=O) groups excluding carboxylic acids is 2. The number of carbonyl (C=O) groups is 2. The van der Waals surface area contributed by atoms with E-state index in [9.17, 15) is 9.59 Å². The first-order valence-corrected chi connectivity index (χ1v) is 12.2. The molecule has 1 saturated heterocycles. The molecule has 0 radical (unpaired) electrons. The van der Waals surface area contributed by atoms with Gasteiger partial charge in [0.15, 0.2) is 5.13 Å². The molecule has 2 aliphatic rings. The predicted molar refractivity (Wildman–Crippen MR) is 135 cm³/mol. The van der Waals surface area contributed by atoms with E-state index >= 15 is 0 Å². The molecule has 0 saturated carbocycles. The molecule has 1 N–H and O–H groups in total. The quantitative estimate of drug-likeness (QED) is 0.387. The van der Waals surface area contributed by atoms with E-state index in [1.165, 1.54) is 21.8 Å². The molecular weight excluding hydrogens is 442 g/mol. The maximum Gasteiger partial charge on any atom is 0.243 e. The smallest absolute Gasteiger partial charge is 0.243 e. The van der Waals surface area contributed by atoms with Crippen LogP contribution in [0.1, 0.15) is 33.5 Å². The molecule has 34 heavy (non-hydrogen) atoms. The van der Waals surface area contributed by atoms with Crippen LogP contribution in [-0.4, -0.2) is 16.8 Å². The van der Waals surface area contributed by atoms with Gasteiger partial charge in [-0.1, -0.05) is 66.2 Å². The fourth-order valence-corrected chi connectivity index (χ4v) is 6.28. The van der Waals surface area contributed by atoms with Gasteiger partial charge in [0.25, 0.3) is 0 Å². The molecule has 2 heterocycles. The number of hydrogen-bond donors (Lipinski definition) is 1. The van der Waals surface area contributed by atoms with E-state index < -0.39 is 11.8 Å². The lowest BCUT2D eigenvalue weighted by Gasteiger charge is -2.30. The Morgan fingerprint density at radius 3 is 2.26 bits per heavy atom. The van der Waals surface area contributed by atoms with E-state index in [0.29, 0.717) is 12.1 Å². The van der Waals surface area contributed by atoms with Gasteiger partial charge in [-0.2, -0.15) is 0 Å². The van der Waals surface area contributed by atoms with Crippen LogP contribution in [0, 0.1) is 12.8 Å². The Labute approximate surface area is 202 Å². The normalized spacial score (nSPS) is 21.3. The number of nitrogens with one attached hydrogen (secondary N) is 1. The van der Waals surface area contributed by atoms with Crippen molar-refractivity contribution in [3.05, 3.63) is 107 Å². The number of para-hydroxylation sites is 2. The van der Waals surface area contributed by atoms with Crippen molar-refractivity contribution in [2.24, 2.45) is 5.92 Å². The summed E-state index contributed by atoms with van der Waals surface area (Å²) >= 11 is 1.49. The first-order chi connectivity index (χ1) is 16.6. The lowest BCUT2D eigenvalue weighted by atomic mass is 9.72. The van der Waals surface area contributed by atoms with E-state index in [2.05, 4.69) is 36.5 Å². The predicted octanol–water partition coefficient (Wildman–Crippen LogP) is 5.81. The molecule has 4 aromatic rings. The summed E-state index contributed by atoms with van der Waals surface area (Å²) in [4.78, 5) is 34.7. The maximum absolute atomic E-state index is 13.8. The highest BCUT2D eigenvalue weighted by Gasteiger charge is 2.56. The Bertz CT molecular complexity index is 1370. The average Bonchev–Trinajstić information content (AvgIpc) is 3.37. The van der Waals surface area contributed by atoms with Crippen LogP contribution in [0.25, 0.3) is 0 Å². The summed E-state index contributed by atoms with van der Waals surface area (Å²) in [6, 6.07) is 27.4. The Hall–Kier alpha value is -3.77. The van der Waals surface area contributed by atoms with Gasteiger partial charge in [-0.05, 0) is 43.2 Å². The zero-order chi connectivity index (χ0) is 23.2. The third-order valence-corrected chi connectivity index (χ3v) is 7.85. The fraction of sp³-hybridized carbons (Fsp3) is 0.179. The average molecular weight is 466 g/mol. The highest BCUT2D eigenvalue weighted by Crippen LogP contribution is 2.52. The van der Waals surface area contributed by atoms with Crippen LogP contribution in [0.2, 0.25) is 0 Å². The maximum atomic E-state index is 13.8. The van der Waals surface area contributed by atoms with E-state index in [1.54, 1.807) is 0 Å². The summed E-state index contributed by atoms with van der Waals surface area (Å²) in [7, 11) is 0. The van der Waals surface area contributed by atoms with Crippen molar-refractivity contribution >= 4 is 39.7 Å². The second-order valence-electron chi connectivity index (χ2n) is 8.89. The van der Waals surface area contributed by atoms with Gasteiger partial charge in [0, 0.05) is 16.5 Å². The Morgan fingerprint density at radius 2 is 1.56 bits per heavy atom. The number of benzene rings is 3. The molecule has 0 unspecified atom stereocenters. The minimum atomic E-state index is -0.522. The zero-order valence-corrected chi connectivity index (χ0v) is 19.5. The van der Waals surface area contributed by atoms with Crippen molar-refractivity contribution < 1.29 is 9.59 Å². The molecule has 0 bridgehead atoms. The van der Waals surface area contributed by atoms with E-state index in [-0.39, 0.29) is 17.7 Å². The number of rotatable bonds is 4. The van der Waals surface area contributed by atoms with Crippen molar-refractivity contribution in [1.29, 1.82) is 0 Å². The molecule has 0 spiro atoms. The van der Waals surface area contributed by atoms with Crippen LogP contribution in [0.3, 0.4) is 0 Å². The second-order valence-corrected chi connectivity index (χ2v) is 9.92. The summed E-state index contributed by atoms with van der Waals surface area (Å²) in [6.07, 6.45) is 0.633. The molecule has 1 aromatic heterocycles. The zero-order valence-electron chi connectivity index (χ0n) is 18.6. The third-order valence-electron chi connectivity index (χ3n) is 6.75. The lowest BCUT2D eigenvalue weighted by molar-refractivity contribution is -0.122. The van der Waals surface area contributed by atoms with Gasteiger partial charge in [-0.15, -0.1) is 11.3 Å². The van der Waals surface area contributed by atoms with Crippen LogP contribution in [0.4, 0.5) is 16.5 Å². The molecule has 5 nitrogen and oxygen atoms in total. The highest BCUT2D eigenvalue weighted by atomic mass is 32.1. The molecule has 1 fully saturated rings. The highest BCUT2D eigenvalue weighted by molar-refractivity contribution is 7.16. The molecule has 2 amide bonds. The van der Waals surface area contributed by atoms with E-state index in [4.69, 9.17) is 4.98 Å². The number of aromatic nitrogens is 1. The second kappa shape index (κ2) is 8.22. The first-order valence-electron chi connectivity index (χ1n) is 11.4. The number of fused-ring (bicyclic) bond motifs is 3. The van der Waals surface area contributed by atoms with Crippen molar-refractivity contribution in [2.45, 2.75) is 25.2 Å². The largest absolute Gasteiger partial charge is 0.332 e. The van der Waals surface area contributed by atoms with Crippen LogP contribution < -0.4 is 10.2 Å². The number of nitrogens with zero attached hydrogens (tertiary/aromatic N) is 2. The van der Waals surface area contributed by atoms with Gasteiger partial charge in [-0.3, -0.25) is 9.59 Å². The van der Waals surface area contributed by atoms with Gasteiger partial charge in [0.1, 0.15) is 0 Å². The van der Waals surface area contributed by atoms with Crippen LogP contribution in [-0.2, 0) is 16.0 Å². The number of amides is 2. The molecule has 6 heteroatoms. The molecule has 1 aliphatic heterocycles. The van der Waals surface area contributed by atoms with Crippen molar-refractivity contribution in [1.82, 2.24) is 4.98 Å². The van der Waals surface area contributed by atoms with Crippen molar-refractivity contribution in [3.8, 4) is 0 Å². The topological polar surface area (TPSA) is 62.3 Å². The van der Waals surface area contributed by atoms with Crippen molar-refractivity contribution in [3.63, 3.8) is 0 Å². The molecule has 6 rings (SSSR count). The minimum Gasteiger partial charge on any atom is -0.332 e. The van der Waals surface area contributed by atoms with E-state index in [0.717, 1.165) is 27.0 Å². The van der Waals surface area contributed by atoms with Gasteiger partial charge in [-0.25, -0.2) is 9.88 Å². The summed E-state index contributed by atoms with van der Waals surface area (Å²) in [5, 5.41) is 4.12. The van der Waals surface area contributed by atoms with Gasteiger partial charge in [0.05, 0.1) is 23.2 Å². The molecular formula is C28H23N3O2S. The van der Waals surface area contributed by atoms with E-state index in [1.807, 2.05) is 60.7 Å². The van der Waals surface area contributed by atoms with Gasteiger partial charge >= 0.3 is 0 Å². The summed E-state index contributed by atoms with van der Waals surface area (Å²) in [5.74, 6) is -1.34. The molecule has 3 aromatic carbocycles. The summed E-state index contributed by atoms with van der Waals surface area (Å²) < 4.78 is 0. The Morgan fingerprint density at radius 1 is 0.882 bits per heavy atom. The lowest BCUT2D eigenvalue weighted by Crippen LogP contribution is -2.32. The van der Waals surface area contributed by atoms with Crippen molar-refractivity contribution in [2.75, 3.05) is 10.2 Å². The Kier molecular flexibility index (Phi) is 5.03. The number of imide groups is 1. The summed E-state index contributed by atoms with van der Waals surface area (Å²) in [5.41, 5.74) is 4.72. The first kappa shape index (κ1) is 20.8. The van der Waals surface area contributed by atoms with Gasteiger partial charge in [0.2, 0.25) is 11.8 Å². The van der Waals surface area contributed by atoms with Gasteiger partial charge < -0.3 is 5.32 Å². The standard InChI is InChI=1S/C28H23N3O2S/c1-17-12-14-18(15-13-17)21-16-22-25(34-28(30-22)29-19-8-4-2-5-9-19)24-23(21)26(32)31(27(24)33)20-10-6-3-7-11-20/h2-15,21,23-24H,16H2,1H3,(H,29,30)/t21-,23+,24+/m1/s1. The number of anilines is 3. The number of thiazole rings is 1. The number of aryl methyl sites for hydroxylation is 1. The van der Waals surface area contributed by atoms with Crippen LogP contribution >= 0.6 is 11.3 Å². The minimum absolute atomic E-state index is 0.102. The summed E-state index contributed by atoms with van der Waals surface area (Å²) in [6.45, 7) is 2.05. The van der Waals surface area contributed by atoms with Crippen LogP contribution in [0.15, 0.2) is 84.9 Å². The Balaban J connectivity index is 1.45. The monoisotopic (exact) mass is 465 g/mol. The molecule has 1 aliphatic carbocycles.